The minimum Gasteiger partial charge on any atom is -0.496 e. The van der Waals surface area contributed by atoms with Crippen molar-refractivity contribution >= 4 is 5.97 Å². The molecule has 0 aromatic heterocycles. The van der Waals surface area contributed by atoms with Crippen LogP contribution in [0.5, 0.6) is 11.5 Å². The molecule has 1 saturated carbocycles. The summed E-state index contributed by atoms with van der Waals surface area (Å²) < 4.78 is 10.3. The van der Waals surface area contributed by atoms with Gasteiger partial charge in [-0.2, -0.15) is 4.89 Å². The van der Waals surface area contributed by atoms with Crippen molar-refractivity contribution in [2.24, 2.45) is 0 Å². The molecule has 1 aliphatic rings. The Kier molecular flexibility index (Phi) is 4.63. The van der Waals surface area contributed by atoms with E-state index >= 15 is 0 Å². The van der Waals surface area contributed by atoms with Gasteiger partial charge in [0.05, 0.1) is 14.2 Å². The van der Waals surface area contributed by atoms with Gasteiger partial charge < -0.3 is 9.47 Å². The van der Waals surface area contributed by atoms with Crippen LogP contribution in [0.1, 0.15) is 36.0 Å². The maximum Gasteiger partial charge on any atom is 0.380 e. The van der Waals surface area contributed by atoms with Crippen LogP contribution in [-0.4, -0.2) is 26.3 Å². The van der Waals surface area contributed by atoms with E-state index in [1.54, 1.807) is 18.2 Å². The van der Waals surface area contributed by atoms with Crippen LogP contribution in [0.3, 0.4) is 0 Å². The van der Waals surface area contributed by atoms with Crippen molar-refractivity contribution in [3.8, 4) is 11.5 Å². The Morgan fingerprint density at radius 3 is 2.21 bits per heavy atom. The van der Waals surface area contributed by atoms with Crippen molar-refractivity contribution in [1.29, 1.82) is 0 Å². The molecule has 0 saturated heterocycles. The topological polar surface area (TPSA) is 54.0 Å². The second-order valence-electron chi connectivity index (χ2n) is 4.41. The van der Waals surface area contributed by atoms with Crippen LogP contribution in [0.15, 0.2) is 18.2 Å². The number of benzene rings is 1. The molecule has 0 N–H and O–H groups in total. The number of carbonyl (C=O) groups is 1. The van der Waals surface area contributed by atoms with Gasteiger partial charge in [0.25, 0.3) is 0 Å². The number of methoxy groups -OCH3 is 2. The summed E-state index contributed by atoms with van der Waals surface area (Å²) >= 11 is 0. The smallest absolute Gasteiger partial charge is 0.380 e. The fourth-order valence-electron chi connectivity index (χ4n) is 2.19. The Balaban J connectivity index is 2.08. The Labute approximate surface area is 112 Å². The van der Waals surface area contributed by atoms with Crippen LogP contribution < -0.4 is 9.47 Å². The van der Waals surface area contributed by atoms with E-state index in [0.717, 1.165) is 25.7 Å². The lowest BCUT2D eigenvalue weighted by molar-refractivity contribution is -0.272. The molecule has 104 valence electrons. The van der Waals surface area contributed by atoms with E-state index in [1.807, 2.05) is 0 Å². The van der Waals surface area contributed by atoms with Gasteiger partial charge in [0.2, 0.25) is 0 Å². The minimum atomic E-state index is -0.596. The molecular weight excluding hydrogens is 248 g/mol. The largest absolute Gasteiger partial charge is 0.496 e. The van der Waals surface area contributed by atoms with Crippen molar-refractivity contribution in [2.45, 2.75) is 31.8 Å². The standard InChI is InChI=1S/C14H18O5/c1-16-11-8-5-9-12(17-2)13(11)14(15)19-18-10-6-3-4-7-10/h5,8-10H,3-4,6-7H2,1-2H3. The summed E-state index contributed by atoms with van der Waals surface area (Å²) in [6.45, 7) is 0. The van der Waals surface area contributed by atoms with Gasteiger partial charge in [-0.15, -0.1) is 0 Å². The second kappa shape index (κ2) is 6.43. The van der Waals surface area contributed by atoms with Crippen LogP contribution in [0.4, 0.5) is 0 Å². The number of hydrogen-bond acceptors (Lipinski definition) is 5. The average molecular weight is 266 g/mol. The number of carbonyl (C=O) groups excluding carboxylic acids is 1. The minimum absolute atomic E-state index is 0.00431. The predicted octanol–water partition coefficient (Wildman–Crippen LogP) is 2.73. The van der Waals surface area contributed by atoms with E-state index in [-0.39, 0.29) is 11.7 Å². The first-order valence-corrected chi connectivity index (χ1v) is 6.35. The quantitative estimate of drug-likeness (QED) is 0.606. The molecule has 1 fully saturated rings. The maximum absolute atomic E-state index is 12.1. The molecule has 2 rings (SSSR count). The third-order valence-corrected chi connectivity index (χ3v) is 3.19. The lowest BCUT2D eigenvalue weighted by atomic mass is 10.2. The Hall–Kier alpha value is -1.75. The highest BCUT2D eigenvalue weighted by molar-refractivity contribution is 5.95. The summed E-state index contributed by atoms with van der Waals surface area (Å²) in [5, 5.41) is 0. The highest BCUT2D eigenvalue weighted by Crippen LogP contribution is 2.29. The van der Waals surface area contributed by atoms with E-state index in [4.69, 9.17) is 19.2 Å². The number of rotatable bonds is 5. The first kappa shape index (κ1) is 13.7. The average Bonchev–Trinajstić information content (AvgIpc) is 2.97. The zero-order chi connectivity index (χ0) is 13.7. The van der Waals surface area contributed by atoms with E-state index in [1.165, 1.54) is 14.2 Å². The van der Waals surface area contributed by atoms with Crippen LogP contribution in [-0.2, 0) is 9.78 Å². The van der Waals surface area contributed by atoms with Crippen molar-refractivity contribution in [3.63, 3.8) is 0 Å². The van der Waals surface area contributed by atoms with Crippen LogP contribution in [0, 0.1) is 0 Å². The Morgan fingerprint density at radius 2 is 1.68 bits per heavy atom. The molecule has 0 bridgehead atoms. The molecule has 0 amide bonds. The first-order valence-electron chi connectivity index (χ1n) is 6.35. The molecule has 19 heavy (non-hydrogen) atoms. The molecule has 0 spiro atoms. The SMILES string of the molecule is COc1cccc(OC)c1C(=O)OOC1CCCC1. The summed E-state index contributed by atoms with van der Waals surface area (Å²) in [7, 11) is 2.98. The second-order valence-corrected chi connectivity index (χ2v) is 4.41. The van der Waals surface area contributed by atoms with Gasteiger partial charge in [0.15, 0.2) is 0 Å². The molecule has 5 nitrogen and oxygen atoms in total. The van der Waals surface area contributed by atoms with E-state index in [9.17, 15) is 4.79 Å². The van der Waals surface area contributed by atoms with Gasteiger partial charge in [-0.25, -0.2) is 4.79 Å². The molecular formula is C14H18O5. The third-order valence-electron chi connectivity index (χ3n) is 3.19. The predicted molar refractivity (Wildman–Crippen MR) is 68.3 cm³/mol. The third kappa shape index (κ3) is 3.17. The van der Waals surface area contributed by atoms with Crippen molar-refractivity contribution in [3.05, 3.63) is 23.8 Å². The summed E-state index contributed by atoms with van der Waals surface area (Å²) in [6, 6.07) is 5.09. The van der Waals surface area contributed by atoms with Crippen LogP contribution in [0.2, 0.25) is 0 Å². The number of ether oxygens (including phenoxy) is 2. The summed E-state index contributed by atoms with van der Waals surface area (Å²) in [5.74, 6) is 0.208. The van der Waals surface area contributed by atoms with Gasteiger partial charge in [-0.3, -0.25) is 4.89 Å². The molecule has 5 heteroatoms. The Morgan fingerprint density at radius 1 is 1.11 bits per heavy atom. The van der Waals surface area contributed by atoms with Crippen molar-refractivity contribution < 1.29 is 24.0 Å². The summed E-state index contributed by atoms with van der Waals surface area (Å²) in [4.78, 5) is 22.1. The van der Waals surface area contributed by atoms with Gasteiger partial charge in [0.1, 0.15) is 23.2 Å². The molecule has 0 atom stereocenters. The highest BCUT2D eigenvalue weighted by atomic mass is 17.2. The monoisotopic (exact) mass is 266 g/mol. The van der Waals surface area contributed by atoms with Crippen molar-refractivity contribution in [1.82, 2.24) is 0 Å². The number of hydrogen-bond donors (Lipinski definition) is 0. The van der Waals surface area contributed by atoms with E-state index < -0.39 is 5.97 Å². The van der Waals surface area contributed by atoms with E-state index in [0.29, 0.717) is 11.5 Å². The summed E-state index contributed by atoms with van der Waals surface area (Å²) in [6.07, 6.45) is 4.08. The van der Waals surface area contributed by atoms with Gasteiger partial charge in [-0.05, 0) is 25.0 Å². The molecule has 0 heterocycles. The van der Waals surface area contributed by atoms with Crippen molar-refractivity contribution in [2.75, 3.05) is 14.2 Å². The molecule has 1 aliphatic carbocycles. The van der Waals surface area contributed by atoms with Crippen LogP contribution >= 0.6 is 0 Å². The lowest BCUT2D eigenvalue weighted by Crippen LogP contribution is -2.14. The molecule has 0 aliphatic heterocycles. The highest BCUT2D eigenvalue weighted by Gasteiger charge is 2.23. The lowest BCUT2D eigenvalue weighted by Gasteiger charge is -2.13. The van der Waals surface area contributed by atoms with E-state index in [2.05, 4.69) is 0 Å². The molecule has 0 unspecified atom stereocenters. The fraction of sp³-hybridized carbons (Fsp3) is 0.500. The molecule has 1 aromatic rings. The normalized spacial score (nSPS) is 15.3. The van der Waals surface area contributed by atoms with Crippen LogP contribution in [0.25, 0.3) is 0 Å². The molecule has 0 radical (unpaired) electrons. The van der Waals surface area contributed by atoms with Gasteiger partial charge in [0, 0.05) is 0 Å². The summed E-state index contributed by atoms with van der Waals surface area (Å²) in [5.41, 5.74) is 0.241. The first-order chi connectivity index (χ1) is 9.26. The maximum atomic E-state index is 12.1. The molecule has 1 aromatic carbocycles. The van der Waals surface area contributed by atoms with Gasteiger partial charge in [-0.1, -0.05) is 18.9 Å². The zero-order valence-electron chi connectivity index (χ0n) is 11.2. The zero-order valence-corrected chi connectivity index (χ0v) is 11.2. The fourth-order valence-corrected chi connectivity index (χ4v) is 2.19. The van der Waals surface area contributed by atoms with Gasteiger partial charge >= 0.3 is 5.97 Å². The Bertz CT molecular complexity index is 415.